The predicted molar refractivity (Wildman–Crippen MR) is 177 cm³/mol. The quantitative estimate of drug-likeness (QED) is 0.175. The van der Waals surface area contributed by atoms with Crippen molar-refractivity contribution in [1.82, 2.24) is 20.0 Å². The van der Waals surface area contributed by atoms with Crippen LogP contribution in [0.5, 0.6) is 0 Å². The molecule has 0 unspecified atom stereocenters. The topological polar surface area (TPSA) is 102 Å². The lowest BCUT2D eigenvalue weighted by atomic mass is 9.92. The van der Waals surface area contributed by atoms with Gasteiger partial charge in [-0.2, -0.15) is 10.4 Å². The Morgan fingerprint density at radius 3 is 2.61 bits per heavy atom. The molecule has 3 heterocycles. The molecular weight excluding hydrogens is 550 g/mol. The summed E-state index contributed by atoms with van der Waals surface area (Å²) in [6.07, 6.45) is 8.11. The molecule has 1 aromatic carbocycles. The number of nitriles is 1. The van der Waals surface area contributed by atoms with Crippen molar-refractivity contribution in [1.29, 1.82) is 10.7 Å². The van der Waals surface area contributed by atoms with Gasteiger partial charge in [-0.25, -0.2) is 0 Å². The third-order valence-electron chi connectivity index (χ3n) is 8.00. The first kappa shape index (κ1) is 33.1. The number of ether oxygens (including phenoxy) is 2. The Morgan fingerprint density at radius 2 is 2.02 bits per heavy atom. The number of aryl methyl sites for hydroxylation is 1. The smallest absolute Gasteiger partial charge is 0.182 e. The molecule has 1 aromatic heterocycles. The molecule has 0 saturated carbocycles. The molecule has 0 bridgehead atoms. The summed E-state index contributed by atoms with van der Waals surface area (Å²) in [4.78, 5) is 4.26. The van der Waals surface area contributed by atoms with Crippen molar-refractivity contribution in [3.05, 3.63) is 59.4 Å². The van der Waals surface area contributed by atoms with Crippen molar-refractivity contribution in [2.45, 2.75) is 85.3 Å². The van der Waals surface area contributed by atoms with Gasteiger partial charge in [-0.1, -0.05) is 20.8 Å². The van der Waals surface area contributed by atoms with Crippen LogP contribution in [0, 0.1) is 22.7 Å². The first-order valence-electron chi connectivity index (χ1n) is 16.0. The molecule has 0 radical (unpaired) electrons. The average molecular weight is 602 g/mol. The van der Waals surface area contributed by atoms with E-state index in [1.54, 1.807) is 4.68 Å². The molecule has 0 aliphatic carbocycles. The van der Waals surface area contributed by atoms with Crippen molar-refractivity contribution in [2.75, 3.05) is 37.7 Å². The second-order valence-electron chi connectivity index (χ2n) is 13.4. The second kappa shape index (κ2) is 14.3. The fourth-order valence-electron chi connectivity index (χ4n) is 5.98. The highest BCUT2D eigenvalue weighted by molar-refractivity contribution is 6.09. The molecule has 238 valence electrons. The number of amidine groups is 1. The zero-order chi connectivity index (χ0) is 32.0. The summed E-state index contributed by atoms with van der Waals surface area (Å²) >= 11 is 0. The molecule has 1 saturated heterocycles. The molecule has 2 aromatic rings. The fraction of sp³-hybridized carbons (Fsp3) is 0.571. The van der Waals surface area contributed by atoms with Gasteiger partial charge in [-0.3, -0.25) is 10.1 Å². The number of rotatable bonds is 11. The van der Waals surface area contributed by atoms with E-state index < -0.39 is 0 Å². The molecule has 0 spiro atoms. The Hall–Kier alpha value is -3.77. The third kappa shape index (κ3) is 8.23. The van der Waals surface area contributed by atoms with Crippen LogP contribution >= 0.6 is 0 Å². The van der Waals surface area contributed by atoms with E-state index in [0.717, 1.165) is 85.5 Å². The number of anilines is 1. The molecule has 0 amide bonds. The van der Waals surface area contributed by atoms with Crippen LogP contribution in [0.25, 0.3) is 11.1 Å². The maximum Gasteiger partial charge on any atom is 0.182 e. The molecule has 9 heteroatoms. The lowest BCUT2D eigenvalue weighted by Gasteiger charge is -2.39. The lowest BCUT2D eigenvalue weighted by molar-refractivity contribution is 0.00423. The van der Waals surface area contributed by atoms with E-state index in [1.807, 2.05) is 46.3 Å². The molecule has 44 heavy (non-hydrogen) atoms. The molecule has 1 fully saturated rings. The fourth-order valence-corrected chi connectivity index (χ4v) is 5.98. The van der Waals surface area contributed by atoms with Crippen molar-refractivity contribution < 1.29 is 9.47 Å². The van der Waals surface area contributed by atoms with Crippen LogP contribution in [0.15, 0.2) is 48.3 Å². The van der Waals surface area contributed by atoms with Crippen LogP contribution in [0.3, 0.4) is 0 Å². The normalized spacial score (nSPS) is 16.2. The average Bonchev–Trinajstić information content (AvgIpc) is 3.41. The van der Waals surface area contributed by atoms with Crippen LogP contribution < -0.4 is 10.2 Å². The predicted octanol–water partition coefficient (Wildman–Crippen LogP) is 6.37. The van der Waals surface area contributed by atoms with E-state index in [0.29, 0.717) is 42.3 Å². The number of benzene rings is 1. The molecule has 0 atom stereocenters. The number of nitrogens with zero attached hydrogens (tertiary/aromatic N) is 5. The van der Waals surface area contributed by atoms with Gasteiger partial charge in [0, 0.05) is 80.1 Å². The van der Waals surface area contributed by atoms with Crippen LogP contribution in [0.2, 0.25) is 0 Å². The molecule has 9 nitrogen and oxygen atoms in total. The van der Waals surface area contributed by atoms with Gasteiger partial charge in [0.2, 0.25) is 0 Å². The highest BCUT2D eigenvalue weighted by atomic mass is 16.5. The largest absolute Gasteiger partial charge is 0.474 e. The molecule has 2 N–H and O–H groups in total. The van der Waals surface area contributed by atoms with Crippen molar-refractivity contribution in [2.24, 2.45) is 13.0 Å². The lowest BCUT2D eigenvalue weighted by Crippen LogP contribution is -2.45. The first-order valence-corrected chi connectivity index (χ1v) is 16.0. The summed E-state index contributed by atoms with van der Waals surface area (Å²) in [6, 6.07) is 6.89. The van der Waals surface area contributed by atoms with E-state index in [-0.39, 0.29) is 5.60 Å². The van der Waals surface area contributed by atoms with Crippen LogP contribution in [-0.4, -0.2) is 65.0 Å². The van der Waals surface area contributed by atoms with Gasteiger partial charge >= 0.3 is 0 Å². The second-order valence-corrected chi connectivity index (χ2v) is 13.4. The summed E-state index contributed by atoms with van der Waals surface area (Å²) < 4.78 is 13.6. The minimum Gasteiger partial charge on any atom is -0.474 e. The van der Waals surface area contributed by atoms with Gasteiger partial charge in [-0.15, -0.1) is 0 Å². The van der Waals surface area contributed by atoms with Gasteiger partial charge in [-0.05, 0) is 76.6 Å². The Labute approximate surface area is 264 Å². The van der Waals surface area contributed by atoms with E-state index in [4.69, 9.17) is 9.47 Å². The monoisotopic (exact) mass is 601 g/mol. The van der Waals surface area contributed by atoms with Gasteiger partial charge in [0.05, 0.1) is 24.4 Å². The SMILES string of the molecule is C=C(OC(C)(C)C)N1CCC(NC2CCOCC2)=C(C(=N)N(CCC)c2cc(C#N)c(-c3cnn(C)c3)cc2CC(C)C)C1. The molecule has 2 aliphatic heterocycles. The maximum absolute atomic E-state index is 10.3. The van der Waals surface area contributed by atoms with Crippen molar-refractivity contribution >= 4 is 11.5 Å². The van der Waals surface area contributed by atoms with Gasteiger partial charge in [0.25, 0.3) is 0 Å². The summed E-state index contributed by atoms with van der Waals surface area (Å²) in [6.45, 7) is 20.4. The summed E-state index contributed by atoms with van der Waals surface area (Å²) in [5.41, 5.74) is 6.13. The number of hydrogen-bond donors (Lipinski definition) is 2. The minimum absolute atomic E-state index is 0.321. The van der Waals surface area contributed by atoms with Crippen molar-refractivity contribution in [3.8, 4) is 17.2 Å². The van der Waals surface area contributed by atoms with Gasteiger partial charge in [0.15, 0.2) is 5.88 Å². The highest BCUT2D eigenvalue weighted by Crippen LogP contribution is 2.35. The summed E-state index contributed by atoms with van der Waals surface area (Å²) in [7, 11) is 1.89. The Bertz CT molecular complexity index is 1400. The molecule has 4 rings (SSSR count). The number of aromatic nitrogens is 2. The van der Waals surface area contributed by atoms with E-state index in [9.17, 15) is 10.7 Å². The van der Waals surface area contributed by atoms with E-state index in [1.165, 1.54) is 0 Å². The van der Waals surface area contributed by atoms with E-state index >= 15 is 0 Å². The van der Waals surface area contributed by atoms with Crippen LogP contribution in [0.4, 0.5) is 5.69 Å². The first-order chi connectivity index (χ1) is 20.9. The number of hydrogen-bond acceptors (Lipinski definition) is 7. The van der Waals surface area contributed by atoms with Crippen LogP contribution in [0.1, 0.15) is 78.4 Å². The zero-order valence-electron chi connectivity index (χ0n) is 27.8. The van der Waals surface area contributed by atoms with Gasteiger partial charge in [0.1, 0.15) is 11.4 Å². The summed E-state index contributed by atoms with van der Waals surface area (Å²) in [5.74, 6) is 1.48. The minimum atomic E-state index is -0.362. The standard InChI is InChI=1S/C35H51N7O2/c1-9-13-42(33-19-27(20-36)30(18-26(33)17-24(2)3)28-21-38-40(8)22-28)34(37)31-23-41(25(4)44-35(5,6)7)14-10-32(31)39-29-11-15-43-16-12-29/h18-19,21-22,24,29,37,39H,4,9-17,23H2,1-3,5-8H3. The third-order valence-corrected chi connectivity index (χ3v) is 8.00. The molecule has 2 aliphatic rings. The van der Waals surface area contributed by atoms with Gasteiger partial charge < -0.3 is 24.6 Å². The van der Waals surface area contributed by atoms with Crippen molar-refractivity contribution in [3.63, 3.8) is 0 Å². The Morgan fingerprint density at radius 1 is 1.30 bits per heavy atom. The Kier molecular flexibility index (Phi) is 10.8. The molecular formula is C35H51N7O2. The highest BCUT2D eigenvalue weighted by Gasteiger charge is 2.30. The number of nitrogens with one attached hydrogen (secondary N) is 2. The maximum atomic E-state index is 10.3. The van der Waals surface area contributed by atoms with E-state index in [2.05, 4.69) is 59.7 Å². The van der Waals surface area contributed by atoms with Crippen LogP contribution in [-0.2, 0) is 22.9 Å². The zero-order valence-corrected chi connectivity index (χ0v) is 27.8. The summed E-state index contributed by atoms with van der Waals surface area (Å²) in [5, 5.41) is 28.2. The Balaban J connectivity index is 1.79.